The van der Waals surface area contributed by atoms with Gasteiger partial charge in [0.1, 0.15) is 5.69 Å². The highest BCUT2D eigenvalue weighted by Gasteiger charge is 2.31. The Balaban J connectivity index is 2.09. The number of benzene rings is 1. The number of hydrogen-bond acceptors (Lipinski definition) is 9. The largest absolute Gasteiger partial charge is 0.395 e. The fourth-order valence-corrected chi connectivity index (χ4v) is 3.49. The van der Waals surface area contributed by atoms with E-state index < -0.39 is 4.92 Å². The van der Waals surface area contributed by atoms with Gasteiger partial charge >= 0.3 is 5.69 Å². The number of anilines is 2. The van der Waals surface area contributed by atoms with Gasteiger partial charge in [0.05, 0.1) is 17.2 Å². The second-order valence-electron chi connectivity index (χ2n) is 6.77. The number of piperidine rings is 1. The van der Waals surface area contributed by atoms with E-state index in [1.165, 1.54) is 0 Å². The molecule has 3 rings (SSSR count). The number of rotatable bonds is 6. The van der Waals surface area contributed by atoms with Gasteiger partial charge in [-0.15, -0.1) is 0 Å². The highest BCUT2D eigenvalue weighted by atomic mass is 16.6. The van der Waals surface area contributed by atoms with Crippen LogP contribution in [0.2, 0.25) is 0 Å². The van der Waals surface area contributed by atoms with Gasteiger partial charge in [-0.3, -0.25) is 10.1 Å². The number of aliphatic hydroxyl groups excluding tert-OH is 1. The lowest BCUT2D eigenvalue weighted by Crippen LogP contribution is -2.42. The zero-order valence-corrected chi connectivity index (χ0v) is 15.3. The van der Waals surface area contributed by atoms with Crippen molar-refractivity contribution >= 4 is 28.1 Å². The maximum absolute atomic E-state index is 11.6. The first-order chi connectivity index (χ1) is 12.4. The van der Waals surface area contributed by atoms with Gasteiger partial charge in [-0.2, -0.15) is 0 Å². The average molecular weight is 364 g/mol. The number of nitrogens with zero attached hydrogens (tertiary/aromatic N) is 6. The second-order valence-corrected chi connectivity index (χ2v) is 6.77. The first-order valence-electron chi connectivity index (χ1n) is 8.61. The van der Waals surface area contributed by atoms with Crippen molar-refractivity contribution in [2.45, 2.75) is 18.9 Å². The Kier molecular flexibility index (Phi) is 5.23. The van der Waals surface area contributed by atoms with Crippen LogP contribution in [-0.4, -0.2) is 78.7 Å². The molecule has 0 aliphatic carbocycles. The number of aromatic nitrogens is 2. The number of fused-ring (bicyclic) bond motifs is 1. The molecule has 0 atom stereocenters. The van der Waals surface area contributed by atoms with Crippen LogP contribution in [0.15, 0.2) is 10.7 Å². The van der Waals surface area contributed by atoms with Gasteiger partial charge in [-0.05, 0) is 49.4 Å². The fraction of sp³-hybridized carbons (Fsp3) is 0.625. The number of nitro benzene ring substituents is 1. The quantitative estimate of drug-likeness (QED) is 0.594. The number of aliphatic hydroxyl groups is 1. The Bertz CT molecular complexity index is 786. The maximum atomic E-state index is 11.6. The summed E-state index contributed by atoms with van der Waals surface area (Å²) in [5.74, 6) is 0. The number of nitro groups is 1. The summed E-state index contributed by atoms with van der Waals surface area (Å²) in [4.78, 5) is 17.2. The van der Waals surface area contributed by atoms with Crippen LogP contribution >= 0.6 is 0 Å². The average Bonchev–Trinajstić information content (AvgIpc) is 3.09. The van der Waals surface area contributed by atoms with Crippen molar-refractivity contribution in [1.29, 1.82) is 0 Å². The van der Waals surface area contributed by atoms with Crippen LogP contribution in [0.1, 0.15) is 12.8 Å². The van der Waals surface area contributed by atoms with E-state index in [0.717, 1.165) is 31.6 Å². The van der Waals surface area contributed by atoms with Gasteiger partial charge in [-0.25, -0.2) is 4.63 Å². The van der Waals surface area contributed by atoms with Gasteiger partial charge in [-0.1, -0.05) is 0 Å². The lowest BCUT2D eigenvalue weighted by atomic mass is 10.0. The molecule has 0 amide bonds. The standard InChI is InChI=1S/C16H24N6O4/c1-19-6-4-11(5-7-19)21(3)12-10-13(20(2)8-9-23)16(22(24)25)15-14(12)17-26-18-15/h10-11,23H,4-9H2,1-3H3. The molecular formula is C16H24N6O4. The molecule has 1 aliphatic heterocycles. The van der Waals surface area contributed by atoms with Gasteiger partial charge in [0, 0.05) is 26.7 Å². The third-order valence-corrected chi connectivity index (χ3v) is 5.12. The van der Waals surface area contributed by atoms with E-state index in [9.17, 15) is 15.2 Å². The summed E-state index contributed by atoms with van der Waals surface area (Å²) in [5.41, 5.74) is 1.51. The summed E-state index contributed by atoms with van der Waals surface area (Å²) in [5, 5.41) is 28.6. The predicted octanol–water partition coefficient (Wildman–Crippen LogP) is 1.09. The molecule has 1 aromatic heterocycles. The van der Waals surface area contributed by atoms with Crippen LogP contribution in [0.5, 0.6) is 0 Å². The molecule has 142 valence electrons. The third-order valence-electron chi connectivity index (χ3n) is 5.12. The molecule has 0 spiro atoms. The van der Waals surface area contributed by atoms with E-state index in [4.69, 9.17) is 4.63 Å². The molecule has 2 heterocycles. The van der Waals surface area contributed by atoms with Crippen LogP contribution in [0, 0.1) is 10.1 Å². The highest BCUT2D eigenvalue weighted by Crippen LogP contribution is 2.40. The van der Waals surface area contributed by atoms with E-state index >= 15 is 0 Å². The molecule has 1 saturated heterocycles. The van der Waals surface area contributed by atoms with Crippen molar-refractivity contribution in [2.75, 3.05) is 57.2 Å². The predicted molar refractivity (Wildman–Crippen MR) is 97.7 cm³/mol. The summed E-state index contributed by atoms with van der Waals surface area (Å²) in [6.45, 7) is 2.16. The zero-order valence-electron chi connectivity index (χ0n) is 15.3. The van der Waals surface area contributed by atoms with Gasteiger partial charge in [0.2, 0.25) is 5.52 Å². The maximum Gasteiger partial charge on any atom is 0.323 e. The van der Waals surface area contributed by atoms with Crippen LogP contribution in [0.25, 0.3) is 11.0 Å². The minimum absolute atomic E-state index is 0.108. The van der Waals surface area contributed by atoms with Crippen molar-refractivity contribution in [2.24, 2.45) is 0 Å². The van der Waals surface area contributed by atoms with Crippen LogP contribution in [-0.2, 0) is 0 Å². The monoisotopic (exact) mass is 364 g/mol. The van der Waals surface area contributed by atoms with E-state index in [1.807, 2.05) is 7.05 Å². The van der Waals surface area contributed by atoms with Crippen molar-refractivity contribution in [3.05, 3.63) is 16.2 Å². The first-order valence-corrected chi connectivity index (χ1v) is 8.61. The minimum atomic E-state index is -0.477. The van der Waals surface area contributed by atoms with Gasteiger partial charge in [0.15, 0.2) is 5.52 Å². The molecule has 0 unspecified atom stereocenters. The normalized spacial score (nSPS) is 16.2. The molecule has 1 fully saturated rings. The Morgan fingerprint density at radius 2 is 1.96 bits per heavy atom. The van der Waals surface area contributed by atoms with Crippen LogP contribution in [0.3, 0.4) is 0 Å². The Morgan fingerprint density at radius 3 is 2.58 bits per heavy atom. The van der Waals surface area contributed by atoms with Gasteiger partial charge in [0.25, 0.3) is 0 Å². The fourth-order valence-electron chi connectivity index (χ4n) is 3.49. The summed E-state index contributed by atoms with van der Waals surface area (Å²) >= 11 is 0. The molecule has 0 bridgehead atoms. The van der Waals surface area contributed by atoms with Crippen LogP contribution < -0.4 is 9.80 Å². The minimum Gasteiger partial charge on any atom is -0.395 e. The van der Waals surface area contributed by atoms with Crippen molar-refractivity contribution in [1.82, 2.24) is 15.2 Å². The summed E-state index contributed by atoms with van der Waals surface area (Å²) in [6.07, 6.45) is 2.00. The van der Waals surface area contributed by atoms with E-state index in [1.54, 1.807) is 18.0 Å². The smallest absolute Gasteiger partial charge is 0.323 e. The van der Waals surface area contributed by atoms with E-state index in [0.29, 0.717) is 17.2 Å². The molecule has 0 radical (unpaired) electrons. The Morgan fingerprint density at radius 1 is 1.31 bits per heavy atom. The summed E-state index contributed by atoms with van der Waals surface area (Å²) in [6, 6.07) is 2.06. The van der Waals surface area contributed by atoms with Gasteiger partial charge < -0.3 is 19.8 Å². The van der Waals surface area contributed by atoms with Crippen molar-refractivity contribution in [3.8, 4) is 0 Å². The Labute approximate surface area is 151 Å². The number of likely N-dealkylation sites (tertiary alicyclic amines) is 1. The molecule has 10 nitrogen and oxygen atoms in total. The topological polar surface area (TPSA) is 112 Å². The van der Waals surface area contributed by atoms with E-state index in [-0.39, 0.29) is 24.4 Å². The molecule has 1 aliphatic rings. The summed E-state index contributed by atoms with van der Waals surface area (Å²) in [7, 11) is 5.78. The van der Waals surface area contributed by atoms with E-state index in [2.05, 4.69) is 27.2 Å². The lowest BCUT2D eigenvalue weighted by molar-refractivity contribution is -0.382. The van der Waals surface area contributed by atoms with Crippen molar-refractivity contribution < 1.29 is 14.7 Å². The molecule has 0 saturated carbocycles. The first kappa shape index (κ1) is 18.3. The molecule has 2 aromatic rings. The SMILES string of the molecule is CN1CCC(N(C)c2cc(N(C)CCO)c([N+](=O)[O-])c3nonc23)CC1. The zero-order chi connectivity index (χ0) is 18.8. The third kappa shape index (κ3) is 3.29. The van der Waals surface area contributed by atoms with Crippen molar-refractivity contribution in [3.63, 3.8) is 0 Å². The molecular weight excluding hydrogens is 340 g/mol. The summed E-state index contributed by atoms with van der Waals surface area (Å²) < 4.78 is 4.84. The number of likely N-dealkylation sites (N-methyl/N-ethyl adjacent to an activating group) is 1. The molecule has 26 heavy (non-hydrogen) atoms. The molecule has 1 N–H and O–H groups in total. The highest BCUT2D eigenvalue weighted by molar-refractivity contribution is 6.00. The molecule has 10 heteroatoms. The Hall–Kier alpha value is -2.46. The number of hydrogen-bond donors (Lipinski definition) is 1. The second kappa shape index (κ2) is 7.42. The van der Waals surface area contributed by atoms with Crippen LogP contribution in [0.4, 0.5) is 17.1 Å². The molecule has 1 aromatic carbocycles. The lowest BCUT2D eigenvalue weighted by Gasteiger charge is -2.36.